The summed E-state index contributed by atoms with van der Waals surface area (Å²) in [6.07, 6.45) is 0. The second kappa shape index (κ2) is 10.7. The van der Waals surface area contributed by atoms with Crippen molar-refractivity contribution in [2.24, 2.45) is 0 Å². The van der Waals surface area contributed by atoms with Gasteiger partial charge in [-0.25, -0.2) is 4.39 Å². The number of carbonyl (C=O) groups excluding carboxylic acids is 1. The number of hydrogen-bond donors (Lipinski definition) is 0. The molecule has 34 heavy (non-hydrogen) atoms. The zero-order valence-electron chi connectivity index (χ0n) is 19.5. The van der Waals surface area contributed by atoms with Crippen molar-refractivity contribution in [2.45, 2.75) is 13.1 Å². The average molecular weight is 470 g/mol. The Balaban J connectivity index is 1.33. The van der Waals surface area contributed by atoms with Gasteiger partial charge in [-0.1, -0.05) is 11.2 Å². The molecule has 0 saturated carbocycles. The highest BCUT2D eigenvalue weighted by Gasteiger charge is 2.23. The summed E-state index contributed by atoms with van der Waals surface area (Å²) < 4.78 is 34.9. The lowest BCUT2D eigenvalue weighted by Gasteiger charge is -2.34. The first-order chi connectivity index (χ1) is 16.5. The van der Waals surface area contributed by atoms with Gasteiger partial charge in [-0.2, -0.15) is 0 Å². The number of piperazine rings is 1. The van der Waals surface area contributed by atoms with Crippen LogP contribution in [0.2, 0.25) is 0 Å². The first kappa shape index (κ1) is 23.7. The van der Waals surface area contributed by atoms with Gasteiger partial charge in [-0.15, -0.1) is 0 Å². The summed E-state index contributed by atoms with van der Waals surface area (Å²) in [6, 6.07) is 10.9. The lowest BCUT2D eigenvalue weighted by molar-refractivity contribution is 0.102. The summed E-state index contributed by atoms with van der Waals surface area (Å²) in [7, 11) is 4.84. The molecule has 0 aliphatic carbocycles. The Kier molecular flexibility index (Phi) is 7.44. The molecule has 3 aromatic rings. The van der Waals surface area contributed by atoms with Crippen LogP contribution in [0.3, 0.4) is 0 Å². The molecule has 0 radical (unpaired) electrons. The fourth-order valence-electron chi connectivity index (χ4n) is 4.10. The third-order valence-corrected chi connectivity index (χ3v) is 5.92. The molecule has 9 heteroatoms. The van der Waals surface area contributed by atoms with Gasteiger partial charge in [0, 0.05) is 49.9 Å². The molecule has 1 aliphatic rings. The van der Waals surface area contributed by atoms with Crippen LogP contribution in [0.1, 0.15) is 27.4 Å². The molecule has 4 rings (SSSR count). The minimum atomic E-state index is -0.388. The maximum atomic E-state index is 13.1. The standard InChI is InChI=1S/C25H28FN3O5/c1-31-22-9-6-18(24(32-2)25(22)33-3)15-28-10-12-29(13-11-28)16-20-14-21(27-34-20)23(30)17-4-7-19(26)8-5-17/h4-9,14H,10-13,15-16H2,1-3H3. The molecule has 1 fully saturated rings. The van der Waals surface area contributed by atoms with E-state index in [2.05, 4.69) is 15.0 Å². The number of methoxy groups -OCH3 is 3. The zero-order valence-corrected chi connectivity index (χ0v) is 19.5. The number of rotatable bonds is 9. The first-order valence-electron chi connectivity index (χ1n) is 11.0. The Morgan fingerprint density at radius 3 is 2.18 bits per heavy atom. The molecule has 0 N–H and O–H groups in total. The van der Waals surface area contributed by atoms with Crippen molar-refractivity contribution in [1.82, 2.24) is 15.0 Å². The topological polar surface area (TPSA) is 77.3 Å². The normalized spacial score (nSPS) is 14.7. The van der Waals surface area contributed by atoms with E-state index in [0.29, 0.717) is 35.1 Å². The molecule has 0 unspecified atom stereocenters. The molecule has 2 heterocycles. The van der Waals surface area contributed by atoms with Gasteiger partial charge in [-0.05, 0) is 30.3 Å². The van der Waals surface area contributed by atoms with Gasteiger partial charge < -0.3 is 18.7 Å². The molecule has 2 aromatic carbocycles. The van der Waals surface area contributed by atoms with Crippen molar-refractivity contribution < 1.29 is 27.9 Å². The number of ether oxygens (including phenoxy) is 3. The van der Waals surface area contributed by atoms with Crippen LogP contribution in [0, 0.1) is 5.82 Å². The number of nitrogens with zero attached hydrogens (tertiary/aromatic N) is 3. The van der Waals surface area contributed by atoms with Gasteiger partial charge in [0.15, 0.2) is 23.0 Å². The van der Waals surface area contributed by atoms with Gasteiger partial charge in [-0.3, -0.25) is 14.6 Å². The lowest BCUT2D eigenvalue weighted by Crippen LogP contribution is -2.45. The summed E-state index contributed by atoms with van der Waals surface area (Å²) in [5.41, 5.74) is 1.63. The van der Waals surface area contributed by atoms with Crippen LogP contribution in [-0.4, -0.2) is 68.2 Å². The van der Waals surface area contributed by atoms with Crippen molar-refractivity contribution in [1.29, 1.82) is 0 Å². The fraction of sp³-hybridized carbons (Fsp3) is 0.360. The fourth-order valence-corrected chi connectivity index (χ4v) is 4.10. The highest BCUT2D eigenvalue weighted by Crippen LogP contribution is 2.40. The van der Waals surface area contributed by atoms with Crippen molar-refractivity contribution >= 4 is 5.78 Å². The average Bonchev–Trinajstić information content (AvgIpc) is 3.33. The van der Waals surface area contributed by atoms with E-state index in [0.717, 1.165) is 38.3 Å². The van der Waals surface area contributed by atoms with E-state index in [1.807, 2.05) is 12.1 Å². The number of ketones is 1. The quantitative estimate of drug-likeness (QED) is 0.442. The highest BCUT2D eigenvalue weighted by molar-refractivity contribution is 6.07. The van der Waals surface area contributed by atoms with Gasteiger partial charge in [0.25, 0.3) is 0 Å². The maximum absolute atomic E-state index is 13.1. The Bertz CT molecular complexity index is 1120. The van der Waals surface area contributed by atoms with Crippen LogP contribution < -0.4 is 14.2 Å². The SMILES string of the molecule is COc1ccc(CN2CCN(Cc3cc(C(=O)c4ccc(F)cc4)no3)CC2)c(OC)c1OC. The molecule has 180 valence electrons. The summed E-state index contributed by atoms with van der Waals surface area (Å²) in [4.78, 5) is 17.1. The summed E-state index contributed by atoms with van der Waals surface area (Å²) >= 11 is 0. The zero-order chi connectivity index (χ0) is 24.1. The molecule has 0 atom stereocenters. The van der Waals surface area contributed by atoms with Crippen LogP contribution in [0.4, 0.5) is 4.39 Å². The van der Waals surface area contributed by atoms with Gasteiger partial charge >= 0.3 is 0 Å². The van der Waals surface area contributed by atoms with E-state index < -0.39 is 0 Å². The van der Waals surface area contributed by atoms with E-state index in [1.54, 1.807) is 27.4 Å². The van der Waals surface area contributed by atoms with Gasteiger partial charge in [0.1, 0.15) is 5.82 Å². The second-order valence-electron chi connectivity index (χ2n) is 8.06. The van der Waals surface area contributed by atoms with Crippen molar-refractivity contribution in [3.63, 3.8) is 0 Å². The largest absolute Gasteiger partial charge is 0.493 e. The minimum Gasteiger partial charge on any atom is -0.493 e. The van der Waals surface area contributed by atoms with Crippen LogP contribution in [0.5, 0.6) is 17.2 Å². The van der Waals surface area contributed by atoms with E-state index in [9.17, 15) is 9.18 Å². The van der Waals surface area contributed by atoms with Crippen molar-refractivity contribution in [3.05, 3.63) is 70.9 Å². The number of hydrogen-bond acceptors (Lipinski definition) is 8. The molecular weight excluding hydrogens is 441 g/mol. The molecule has 1 saturated heterocycles. The number of aromatic nitrogens is 1. The molecule has 0 spiro atoms. The summed E-state index contributed by atoms with van der Waals surface area (Å²) in [6.45, 7) is 4.72. The van der Waals surface area contributed by atoms with Gasteiger partial charge in [0.05, 0.1) is 27.9 Å². The van der Waals surface area contributed by atoms with Crippen LogP contribution >= 0.6 is 0 Å². The predicted molar refractivity (Wildman–Crippen MR) is 123 cm³/mol. The van der Waals surface area contributed by atoms with Gasteiger partial charge in [0.2, 0.25) is 11.5 Å². The molecule has 0 amide bonds. The smallest absolute Gasteiger partial charge is 0.214 e. The third-order valence-electron chi connectivity index (χ3n) is 5.92. The third kappa shape index (κ3) is 5.21. The summed E-state index contributed by atoms with van der Waals surface area (Å²) in [5.74, 6) is 1.87. The van der Waals surface area contributed by atoms with E-state index in [-0.39, 0.29) is 17.3 Å². The molecule has 8 nitrogen and oxygen atoms in total. The Hall–Kier alpha value is -3.43. The van der Waals surface area contributed by atoms with Crippen LogP contribution in [-0.2, 0) is 13.1 Å². The second-order valence-corrected chi connectivity index (χ2v) is 8.06. The molecular formula is C25H28FN3O5. The van der Waals surface area contributed by atoms with Crippen molar-refractivity contribution in [2.75, 3.05) is 47.5 Å². The maximum Gasteiger partial charge on any atom is 0.214 e. The number of carbonyl (C=O) groups is 1. The van der Waals surface area contributed by atoms with Crippen LogP contribution in [0.15, 0.2) is 47.0 Å². The molecule has 1 aromatic heterocycles. The Labute approximate surface area is 197 Å². The summed E-state index contributed by atoms with van der Waals surface area (Å²) in [5, 5.41) is 3.91. The van der Waals surface area contributed by atoms with Crippen LogP contribution in [0.25, 0.3) is 0 Å². The molecule has 0 bridgehead atoms. The minimum absolute atomic E-state index is 0.223. The Morgan fingerprint density at radius 2 is 1.56 bits per heavy atom. The molecule has 1 aliphatic heterocycles. The predicted octanol–water partition coefficient (Wildman–Crippen LogP) is 3.39. The van der Waals surface area contributed by atoms with E-state index in [1.165, 1.54) is 24.3 Å². The Morgan fingerprint density at radius 1 is 0.912 bits per heavy atom. The lowest BCUT2D eigenvalue weighted by atomic mass is 10.1. The van der Waals surface area contributed by atoms with Crippen molar-refractivity contribution in [3.8, 4) is 17.2 Å². The first-order valence-corrected chi connectivity index (χ1v) is 11.0. The monoisotopic (exact) mass is 469 g/mol. The highest BCUT2D eigenvalue weighted by atomic mass is 19.1. The van der Waals surface area contributed by atoms with E-state index >= 15 is 0 Å². The van der Waals surface area contributed by atoms with E-state index in [4.69, 9.17) is 18.7 Å². The number of benzene rings is 2. The number of halogens is 1.